The number of carbonyl (C=O) groups is 16. The molecule has 33 heteroatoms. The van der Waals surface area contributed by atoms with Crippen molar-refractivity contribution in [3.05, 3.63) is 50.6 Å². The van der Waals surface area contributed by atoms with Crippen LogP contribution in [0.5, 0.6) is 0 Å². The van der Waals surface area contributed by atoms with Crippen LogP contribution in [0, 0.1) is 89.8 Å². The molecule has 0 aliphatic heterocycles. The van der Waals surface area contributed by atoms with Crippen LogP contribution in [-0.4, -0.2) is 150 Å². The number of aliphatic carboxylic acids is 3. The standard InChI is InChI=1S/C22H38N4O4.C19H35N3O5.C14H26N2O4.C7H10N2O2.C4H9NO.C3H5NO.C3H5N.C3H4O2.CH4/c1-6-13-24-22(30)18(12-11-17(8-3)19(23)27)10-9-16(5)21(29)26-14-25-20(28)15(4)7-2;1-5-12(3)17(24)21-11-22-18(25)13(4)7-8-15(19(26)27)10-9-14(6-2)16(20)23;1-5-9(2)12(17)15-8-16-13(18)10(3)6-7-11(4)14(19)20;1-3-6(10)8-5-9-7(11)4-2;1-2-3-4(5)6;1-2-3(4)5;1-2-3-4;1-2-3(4)5;/h1,15-18H,7-14H2,2-5H3,(H2,23,27)(H,24,30)(H,25,28)(H,26,29);12-15H,5-11H2,1-4H3,(H2,20,23)(H,21,24)(H,22,25)(H,26,27);9-11H,5-8H2,1-4H3,(H,15,17)(H,16,18)(H,19,20);3-4H,1-2,5H2,(H,8,10)(H,9,11);2-3H2,1H3,(H2,5,6);2H,1H2,(H2,4,5);1H,3-4H2;2H,1H2,(H,4,5);1H4. The van der Waals surface area contributed by atoms with Crippen LogP contribution in [0.1, 0.15) is 207 Å². The van der Waals surface area contributed by atoms with E-state index in [1.807, 2.05) is 62.3 Å². The minimum absolute atomic E-state index is 0. The molecule has 13 amide bonds. The van der Waals surface area contributed by atoms with E-state index in [0.717, 1.165) is 50.0 Å². The Balaban J connectivity index is -0.000000165. The van der Waals surface area contributed by atoms with E-state index in [1.54, 1.807) is 27.7 Å². The Bertz CT molecular complexity index is 2790. The molecule has 22 N–H and O–H groups in total. The zero-order chi connectivity index (χ0) is 85.5. The van der Waals surface area contributed by atoms with Crippen LogP contribution in [0.4, 0.5) is 0 Å². The van der Waals surface area contributed by atoms with Crippen LogP contribution in [0.25, 0.3) is 0 Å². The molecule has 0 bridgehead atoms. The molecule has 0 aromatic heterocycles. The fourth-order valence-electron chi connectivity index (χ4n) is 7.77. The molecule has 0 saturated carbocycles. The predicted octanol–water partition coefficient (Wildman–Crippen LogP) is 4.24. The molecule has 33 nitrogen and oxygen atoms in total. The molecule has 0 aromatic rings. The fourth-order valence-corrected chi connectivity index (χ4v) is 7.77. The summed E-state index contributed by atoms with van der Waals surface area (Å²) in [5.41, 5.74) is 24.8. The quantitative estimate of drug-likeness (QED) is 0.0230. The van der Waals surface area contributed by atoms with E-state index in [4.69, 9.17) is 39.6 Å². The molecule has 0 rings (SSSR count). The third-order valence-corrected chi connectivity index (χ3v) is 15.9. The van der Waals surface area contributed by atoms with Crippen LogP contribution >= 0.6 is 0 Å². The van der Waals surface area contributed by atoms with Gasteiger partial charge in [0.2, 0.25) is 76.8 Å². The lowest BCUT2D eigenvalue weighted by molar-refractivity contribution is -0.143. The Morgan fingerprint density at radius 3 is 0.853 bits per heavy atom. The van der Waals surface area contributed by atoms with Gasteiger partial charge in [-0.3, -0.25) is 71.9 Å². The van der Waals surface area contributed by atoms with Crippen LogP contribution in [0.2, 0.25) is 0 Å². The van der Waals surface area contributed by atoms with Crippen LogP contribution < -0.4 is 76.5 Å². The van der Waals surface area contributed by atoms with E-state index >= 15 is 0 Å². The number of carboxylic acids is 3. The number of hydrogen-bond acceptors (Lipinski definition) is 17. The summed E-state index contributed by atoms with van der Waals surface area (Å²) in [6.07, 6.45) is 23.3. The van der Waals surface area contributed by atoms with Crippen molar-refractivity contribution in [1.29, 1.82) is 0 Å². The first-order valence-corrected chi connectivity index (χ1v) is 35.9. The van der Waals surface area contributed by atoms with Crippen LogP contribution in [-0.2, 0) is 76.7 Å². The highest BCUT2D eigenvalue weighted by molar-refractivity contribution is 5.89. The fraction of sp³-hybridized carbons (Fsp3) is 0.632. The summed E-state index contributed by atoms with van der Waals surface area (Å²) in [4.78, 5) is 178. The number of hydrogen-bond donors (Lipinski definition) is 17. The first kappa shape index (κ1) is 117. The van der Waals surface area contributed by atoms with E-state index < -0.39 is 41.6 Å². The lowest BCUT2D eigenvalue weighted by atomic mass is 9.88. The van der Waals surface area contributed by atoms with Crippen molar-refractivity contribution in [2.45, 2.75) is 207 Å². The summed E-state index contributed by atoms with van der Waals surface area (Å²) < 4.78 is 0. The van der Waals surface area contributed by atoms with Crippen molar-refractivity contribution in [1.82, 2.24) is 47.9 Å². The molecule has 109 heavy (non-hydrogen) atoms. The van der Waals surface area contributed by atoms with Crippen molar-refractivity contribution in [2.24, 2.45) is 93.8 Å². The van der Waals surface area contributed by atoms with Crippen molar-refractivity contribution < 1.29 is 92.0 Å². The Morgan fingerprint density at radius 1 is 0.367 bits per heavy atom. The van der Waals surface area contributed by atoms with Gasteiger partial charge >= 0.3 is 17.9 Å². The van der Waals surface area contributed by atoms with Gasteiger partial charge in [0.15, 0.2) is 0 Å². The number of carboxylic acid groups (broad SMARTS) is 3. The van der Waals surface area contributed by atoms with Gasteiger partial charge in [-0.2, -0.15) is 0 Å². The van der Waals surface area contributed by atoms with E-state index in [9.17, 15) is 81.8 Å². The SMILES string of the molecule is C.C#CCN.C#CCNC(=O)C(CCC(C)C(=O)NCNC(=O)C(C)CC)CCC(CC)C(N)=O.C=CC(=O)NCNC(=O)C=C.C=CC(=O)O.C=CC(N)=O.CCC(C)C(=O)NCNC(=O)C(C)CCC(C)C(=O)O.CCC(C)C(=O)NCNC(=O)C(C)CCC(CCC(CC)C(N)=O)C(=O)O.CCCC(N)=O. The average molecular weight is 1550 g/mol. The van der Waals surface area contributed by atoms with Crippen molar-refractivity contribution >= 4 is 94.7 Å². The number of primary amides is 4. The second-order valence-corrected chi connectivity index (χ2v) is 24.6. The van der Waals surface area contributed by atoms with Crippen LogP contribution in [0.3, 0.4) is 0 Å². The number of nitrogens with one attached hydrogen (secondary N) is 9. The largest absolute Gasteiger partial charge is 0.481 e. The van der Waals surface area contributed by atoms with Gasteiger partial charge in [-0.25, -0.2) is 4.79 Å². The molecule has 0 aromatic carbocycles. The molecule has 0 heterocycles. The Hall–Kier alpha value is -10.4. The van der Waals surface area contributed by atoms with E-state index in [-0.39, 0.29) is 159 Å². The molecule has 0 aliphatic rings. The minimum Gasteiger partial charge on any atom is -0.481 e. The van der Waals surface area contributed by atoms with E-state index in [2.05, 4.69) is 98.2 Å². The van der Waals surface area contributed by atoms with Crippen LogP contribution in [0.15, 0.2) is 50.6 Å². The number of amides is 13. The van der Waals surface area contributed by atoms with Gasteiger partial charge in [0.05, 0.1) is 51.6 Å². The second-order valence-electron chi connectivity index (χ2n) is 24.6. The molecule has 11 atom stereocenters. The maximum Gasteiger partial charge on any atom is 0.327 e. The molecular weight excluding hydrogens is 1410 g/mol. The molecule has 624 valence electrons. The average Bonchev–Trinajstić information content (AvgIpc) is 0.910. The van der Waals surface area contributed by atoms with Gasteiger partial charge in [0.25, 0.3) is 0 Å². The Morgan fingerprint density at radius 2 is 0.633 bits per heavy atom. The lowest BCUT2D eigenvalue weighted by Crippen LogP contribution is -2.41. The molecule has 0 radical (unpaired) electrons. The summed E-state index contributed by atoms with van der Waals surface area (Å²) in [6, 6.07) is 0. The molecule has 0 saturated heterocycles. The van der Waals surface area contributed by atoms with Gasteiger partial charge in [-0.1, -0.05) is 136 Å². The smallest absolute Gasteiger partial charge is 0.327 e. The lowest BCUT2D eigenvalue weighted by Gasteiger charge is -2.20. The highest BCUT2D eigenvalue weighted by atomic mass is 16.4. The van der Waals surface area contributed by atoms with Crippen molar-refractivity contribution in [3.8, 4) is 24.7 Å². The molecular formula is C76H136N14O19. The highest BCUT2D eigenvalue weighted by Gasteiger charge is 2.26. The minimum atomic E-state index is -0.981. The summed E-state index contributed by atoms with van der Waals surface area (Å²) in [6.45, 7) is 37.1. The number of nitrogens with two attached hydrogens (primary N) is 5. The summed E-state index contributed by atoms with van der Waals surface area (Å²) in [5, 5.41) is 49.1. The number of rotatable bonds is 46. The normalized spacial score (nSPS) is 12.6. The van der Waals surface area contributed by atoms with E-state index in [1.165, 1.54) is 0 Å². The van der Waals surface area contributed by atoms with E-state index in [0.29, 0.717) is 90.0 Å². The van der Waals surface area contributed by atoms with Gasteiger partial charge in [-0.15, -0.1) is 12.8 Å². The molecule has 0 aliphatic carbocycles. The van der Waals surface area contributed by atoms with Gasteiger partial charge in [0, 0.05) is 65.8 Å². The zero-order valence-electron chi connectivity index (χ0n) is 66.2. The first-order valence-electron chi connectivity index (χ1n) is 35.9. The van der Waals surface area contributed by atoms with Crippen molar-refractivity contribution in [2.75, 3.05) is 39.8 Å². The summed E-state index contributed by atoms with van der Waals surface area (Å²) in [7, 11) is 0. The Labute approximate surface area is 647 Å². The third-order valence-electron chi connectivity index (χ3n) is 15.9. The monoisotopic (exact) mass is 1550 g/mol. The number of terminal acetylenes is 2. The second kappa shape index (κ2) is 77.2. The van der Waals surface area contributed by atoms with Gasteiger partial charge < -0.3 is 91.8 Å². The number of carbonyl (C=O) groups excluding carboxylic acids is 13. The highest BCUT2D eigenvalue weighted by Crippen LogP contribution is 2.24. The topological polar surface area (TPSA) is 572 Å². The molecule has 0 spiro atoms. The molecule has 11 unspecified atom stereocenters. The first-order chi connectivity index (χ1) is 50.5. The maximum atomic E-state index is 12.4. The molecule has 0 fully saturated rings. The summed E-state index contributed by atoms with van der Waals surface area (Å²) in [5.74, 6) is -4.62. The van der Waals surface area contributed by atoms with Gasteiger partial charge in [0.1, 0.15) is 0 Å². The van der Waals surface area contributed by atoms with Gasteiger partial charge in [-0.05, 0) is 121 Å². The maximum absolute atomic E-state index is 12.4. The summed E-state index contributed by atoms with van der Waals surface area (Å²) >= 11 is 0. The zero-order valence-corrected chi connectivity index (χ0v) is 66.2. The third kappa shape index (κ3) is 75.6. The Kier molecular flexibility index (Phi) is 82.8. The van der Waals surface area contributed by atoms with Crippen molar-refractivity contribution in [3.63, 3.8) is 0 Å². The predicted molar refractivity (Wildman–Crippen MR) is 422 cm³/mol.